The Labute approximate surface area is 159 Å². The van der Waals surface area contributed by atoms with Crippen molar-refractivity contribution in [2.24, 2.45) is 0 Å². The van der Waals surface area contributed by atoms with Crippen molar-refractivity contribution in [3.05, 3.63) is 53.5 Å². The molecule has 3 N–H and O–H groups in total. The third-order valence-corrected chi connectivity index (χ3v) is 4.51. The van der Waals surface area contributed by atoms with Gasteiger partial charge in [0.1, 0.15) is 5.69 Å². The first-order valence-electron chi connectivity index (χ1n) is 9.60. The van der Waals surface area contributed by atoms with Crippen LogP contribution in [0.1, 0.15) is 47.9 Å². The van der Waals surface area contributed by atoms with Gasteiger partial charge in [0.05, 0.1) is 0 Å². The van der Waals surface area contributed by atoms with Crippen molar-refractivity contribution in [2.45, 2.75) is 39.5 Å². The number of benzene rings is 1. The molecule has 1 aromatic carbocycles. The Morgan fingerprint density at radius 2 is 2.00 bits per heavy atom. The minimum Gasteiger partial charge on any atom is -0.361 e. The Bertz CT molecular complexity index is 902. The Morgan fingerprint density at radius 3 is 2.85 bits per heavy atom. The molecule has 0 saturated heterocycles. The first-order chi connectivity index (χ1) is 13.2. The van der Waals surface area contributed by atoms with E-state index in [9.17, 15) is 4.79 Å². The zero-order chi connectivity index (χ0) is 19.1. The van der Waals surface area contributed by atoms with Crippen LogP contribution in [0.3, 0.4) is 0 Å². The van der Waals surface area contributed by atoms with Crippen molar-refractivity contribution in [3.8, 4) is 0 Å². The number of anilines is 1. The fourth-order valence-electron chi connectivity index (χ4n) is 3.08. The molecule has 142 valence electrons. The van der Waals surface area contributed by atoms with Crippen LogP contribution in [-0.4, -0.2) is 33.9 Å². The highest BCUT2D eigenvalue weighted by Crippen LogP contribution is 2.17. The lowest BCUT2D eigenvalue weighted by atomic mass is 10.1. The molecule has 2 heterocycles. The van der Waals surface area contributed by atoms with Crippen molar-refractivity contribution < 1.29 is 4.79 Å². The number of H-pyrrole nitrogens is 1. The van der Waals surface area contributed by atoms with E-state index >= 15 is 0 Å². The molecule has 27 heavy (non-hydrogen) atoms. The molecule has 0 radical (unpaired) electrons. The van der Waals surface area contributed by atoms with Gasteiger partial charge in [-0.1, -0.05) is 38.0 Å². The van der Waals surface area contributed by atoms with Crippen molar-refractivity contribution in [1.82, 2.24) is 20.3 Å². The predicted octanol–water partition coefficient (Wildman–Crippen LogP) is 3.84. The van der Waals surface area contributed by atoms with Gasteiger partial charge >= 0.3 is 0 Å². The summed E-state index contributed by atoms with van der Waals surface area (Å²) >= 11 is 0. The van der Waals surface area contributed by atoms with Crippen molar-refractivity contribution in [2.75, 3.05) is 18.4 Å². The highest BCUT2D eigenvalue weighted by atomic mass is 16.1. The second-order valence-electron chi connectivity index (χ2n) is 6.72. The number of aromatic amines is 1. The molecule has 0 atom stereocenters. The molecule has 6 nitrogen and oxygen atoms in total. The molecule has 0 fully saturated rings. The van der Waals surface area contributed by atoms with Crippen LogP contribution < -0.4 is 10.6 Å². The molecule has 1 amide bonds. The molecule has 0 aliphatic heterocycles. The van der Waals surface area contributed by atoms with Crippen LogP contribution in [-0.2, 0) is 6.42 Å². The fourth-order valence-corrected chi connectivity index (χ4v) is 3.08. The van der Waals surface area contributed by atoms with Crippen LogP contribution in [0, 0.1) is 6.92 Å². The lowest BCUT2D eigenvalue weighted by Crippen LogP contribution is -2.27. The number of unbranched alkanes of at least 4 members (excludes halogenated alkanes) is 2. The van der Waals surface area contributed by atoms with Gasteiger partial charge in [-0.3, -0.25) is 4.79 Å². The molecule has 6 heteroatoms. The summed E-state index contributed by atoms with van der Waals surface area (Å²) in [5.74, 6) is 0.352. The number of carbonyl (C=O) groups is 1. The molecular weight excluding hydrogens is 338 g/mol. The summed E-state index contributed by atoms with van der Waals surface area (Å²) in [5, 5.41) is 7.37. The van der Waals surface area contributed by atoms with Crippen LogP contribution in [0.5, 0.6) is 0 Å². The SMILES string of the molecule is CCCCCNc1nc(C)cc(C(=O)NCCc2c[nH]c3ccccc23)n1. The summed E-state index contributed by atoms with van der Waals surface area (Å²) in [6.07, 6.45) is 6.17. The van der Waals surface area contributed by atoms with Gasteiger partial charge in [0, 0.05) is 35.9 Å². The fraction of sp³-hybridized carbons (Fsp3) is 0.381. The zero-order valence-corrected chi connectivity index (χ0v) is 16.0. The number of aromatic nitrogens is 3. The standard InChI is InChI=1S/C21H27N5O/c1-3-4-7-11-23-21-25-15(2)13-19(26-21)20(27)22-12-10-16-14-24-18-9-6-5-8-17(16)18/h5-6,8-9,13-14,24H,3-4,7,10-12H2,1-2H3,(H,22,27)(H,23,25,26). The number of carbonyl (C=O) groups excluding carboxylic acids is 1. The number of rotatable bonds is 9. The van der Waals surface area contributed by atoms with E-state index in [1.54, 1.807) is 6.07 Å². The highest BCUT2D eigenvalue weighted by Gasteiger charge is 2.11. The predicted molar refractivity (Wildman–Crippen MR) is 109 cm³/mol. The quantitative estimate of drug-likeness (QED) is 0.503. The van der Waals surface area contributed by atoms with Gasteiger partial charge in [0.25, 0.3) is 5.91 Å². The monoisotopic (exact) mass is 365 g/mol. The number of nitrogens with one attached hydrogen (secondary N) is 3. The lowest BCUT2D eigenvalue weighted by Gasteiger charge is -2.09. The number of hydrogen-bond donors (Lipinski definition) is 3. The van der Waals surface area contributed by atoms with Crippen LogP contribution in [0.15, 0.2) is 36.5 Å². The molecule has 0 aliphatic rings. The van der Waals surface area contributed by atoms with Gasteiger partial charge in [-0.2, -0.15) is 0 Å². The molecule has 0 bridgehead atoms. The largest absolute Gasteiger partial charge is 0.361 e. The van der Waals surface area contributed by atoms with E-state index in [2.05, 4.69) is 44.6 Å². The average Bonchev–Trinajstić information content (AvgIpc) is 3.08. The maximum absolute atomic E-state index is 12.5. The number of para-hydroxylation sites is 1. The van der Waals surface area contributed by atoms with Gasteiger partial charge in [0.15, 0.2) is 0 Å². The van der Waals surface area contributed by atoms with E-state index in [0.717, 1.165) is 30.6 Å². The molecule has 0 saturated carbocycles. The second kappa shape index (κ2) is 9.16. The van der Waals surface area contributed by atoms with Crippen LogP contribution in [0.4, 0.5) is 5.95 Å². The van der Waals surface area contributed by atoms with Crippen LogP contribution in [0.25, 0.3) is 10.9 Å². The van der Waals surface area contributed by atoms with Crippen molar-refractivity contribution >= 4 is 22.8 Å². The van der Waals surface area contributed by atoms with Gasteiger partial charge in [-0.15, -0.1) is 0 Å². The average molecular weight is 365 g/mol. The van der Waals surface area contributed by atoms with Gasteiger partial charge < -0.3 is 15.6 Å². The summed E-state index contributed by atoms with van der Waals surface area (Å²) in [4.78, 5) is 24.5. The second-order valence-corrected chi connectivity index (χ2v) is 6.72. The topological polar surface area (TPSA) is 82.7 Å². The molecule has 3 aromatic rings. The highest BCUT2D eigenvalue weighted by molar-refractivity contribution is 5.92. The third kappa shape index (κ3) is 5.06. The minimum atomic E-state index is -0.169. The molecule has 0 spiro atoms. The van der Waals surface area contributed by atoms with E-state index in [1.807, 2.05) is 25.3 Å². The maximum Gasteiger partial charge on any atom is 0.270 e. The summed E-state index contributed by atoms with van der Waals surface area (Å²) in [7, 11) is 0. The molecule has 2 aromatic heterocycles. The first-order valence-corrected chi connectivity index (χ1v) is 9.60. The number of aryl methyl sites for hydroxylation is 1. The van der Waals surface area contributed by atoms with Crippen LogP contribution in [0.2, 0.25) is 0 Å². The van der Waals surface area contributed by atoms with Crippen molar-refractivity contribution in [3.63, 3.8) is 0 Å². The van der Waals surface area contributed by atoms with Crippen LogP contribution >= 0.6 is 0 Å². The Hall–Kier alpha value is -2.89. The number of nitrogens with zero attached hydrogens (tertiary/aromatic N) is 2. The molecule has 3 rings (SSSR count). The maximum atomic E-state index is 12.5. The van der Waals surface area contributed by atoms with E-state index in [1.165, 1.54) is 23.8 Å². The van der Waals surface area contributed by atoms with E-state index in [-0.39, 0.29) is 5.91 Å². The minimum absolute atomic E-state index is 0.169. The first kappa shape index (κ1) is 18.9. The Balaban J connectivity index is 1.56. The van der Waals surface area contributed by atoms with Crippen molar-refractivity contribution in [1.29, 1.82) is 0 Å². The lowest BCUT2D eigenvalue weighted by molar-refractivity contribution is 0.0949. The Kier molecular flexibility index (Phi) is 6.41. The van der Waals surface area contributed by atoms with Gasteiger partial charge in [0.2, 0.25) is 5.95 Å². The smallest absolute Gasteiger partial charge is 0.270 e. The summed E-state index contributed by atoms with van der Waals surface area (Å²) in [6, 6.07) is 9.90. The number of amides is 1. The zero-order valence-electron chi connectivity index (χ0n) is 16.0. The third-order valence-electron chi connectivity index (χ3n) is 4.51. The Morgan fingerprint density at radius 1 is 1.15 bits per heavy atom. The van der Waals surface area contributed by atoms with Gasteiger partial charge in [-0.05, 0) is 37.5 Å². The summed E-state index contributed by atoms with van der Waals surface area (Å²) < 4.78 is 0. The molecular formula is C21H27N5O. The number of hydrogen-bond acceptors (Lipinski definition) is 4. The summed E-state index contributed by atoms with van der Waals surface area (Å²) in [6.45, 7) is 5.42. The van der Waals surface area contributed by atoms with Gasteiger partial charge in [-0.25, -0.2) is 9.97 Å². The van der Waals surface area contributed by atoms with E-state index in [0.29, 0.717) is 18.2 Å². The normalized spacial score (nSPS) is 10.9. The number of fused-ring (bicyclic) bond motifs is 1. The molecule has 0 unspecified atom stereocenters. The summed E-state index contributed by atoms with van der Waals surface area (Å²) in [5.41, 5.74) is 3.50. The van der Waals surface area contributed by atoms with E-state index in [4.69, 9.17) is 0 Å². The molecule has 0 aliphatic carbocycles. The van der Waals surface area contributed by atoms with E-state index < -0.39 is 0 Å².